The summed E-state index contributed by atoms with van der Waals surface area (Å²) in [5.74, 6) is 4.96. The van der Waals surface area contributed by atoms with Gasteiger partial charge in [0.2, 0.25) is 0 Å². The Hall–Kier alpha value is -0.520. The second kappa shape index (κ2) is 2.66. The minimum atomic E-state index is 0.764. The summed E-state index contributed by atoms with van der Waals surface area (Å²) in [5, 5.41) is 0. The van der Waals surface area contributed by atoms with Gasteiger partial charge in [-0.15, -0.1) is 0 Å². The maximum atomic E-state index is 4.27. The first-order valence-electron chi connectivity index (χ1n) is 7.04. The summed E-state index contributed by atoms with van der Waals surface area (Å²) in [6, 6.07) is 0. The Morgan fingerprint density at radius 1 is 1.31 bits per heavy atom. The van der Waals surface area contributed by atoms with Gasteiger partial charge in [-0.3, -0.25) is 0 Å². The molecule has 0 aliphatic heterocycles. The fraction of sp³-hybridized carbons (Fsp3) is 0.750. The van der Waals surface area contributed by atoms with Crippen LogP contribution in [0, 0.1) is 35.0 Å². The number of hydrogen-bond acceptors (Lipinski definition) is 0. The van der Waals surface area contributed by atoms with E-state index >= 15 is 0 Å². The molecule has 0 aromatic heterocycles. The van der Waals surface area contributed by atoms with E-state index in [0.29, 0.717) is 0 Å². The van der Waals surface area contributed by atoms with Gasteiger partial charge in [-0.25, -0.2) is 0 Å². The molecule has 16 heavy (non-hydrogen) atoms. The predicted molar refractivity (Wildman–Crippen MR) is 66.9 cm³/mol. The zero-order valence-corrected chi connectivity index (χ0v) is 10.5. The minimum absolute atomic E-state index is 0.764. The number of allylic oxidation sites excluding steroid dienone is 3. The fourth-order valence-electron chi connectivity index (χ4n) is 5.52. The molecule has 3 saturated carbocycles. The van der Waals surface area contributed by atoms with Crippen molar-refractivity contribution in [1.82, 2.24) is 0 Å². The second-order valence-corrected chi connectivity index (χ2v) is 6.83. The van der Waals surface area contributed by atoms with Crippen LogP contribution in [0.2, 0.25) is 0 Å². The van der Waals surface area contributed by atoms with Crippen LogP contribution < -0.4 is 0 Å². The monoisotopic (exact) mass is 214 g/mol. The molecule has 3 fully saturated rings. The Morgan fingerprint density at radius 2 is 2.12 bits per heavy atom. The van der Waals surface area contributed by atoms with Gasteiger partial charge in [0.25, 0.3) is 0 Å². The smallest absolute Gasteiger partial charge is 0.00516 e. The van der Waals surface area contributed by atoms with E-state index in [1.165, 1.54) is 30.4 Å². The SMILES string of the molecule is C=C1C(C)=CC1C1CCC(C)C23CCC2C13. The van der Waals surface area contributed by atoms with E-state index in [2.05, 4.69) is 26.5 Å². The standard InChI is InChI=1S/C16H22/c1-9-8-13(11(9)3)12-5-4-10(2)16-7-6-14(16)15(12)16/h8,10,12-15H,3-7H2,1-2H3. The van der Waals surface area contributed by atoms with Crippen molar-refractivity contribution in [3.63, 3.8) is 0 Å². The fourth-order valence-corrected chi connectivity index (χ4v) is 5.52. The molecular weight excluding hydrogens is 192 g/mol. The van der Waals surface area contributed by atoms with Gasteiger partial charge in [0, 0.05) is 5.92 Å². The van der Waals surface area contributed by atoms with E-state index in [9.17, 15) is 0 Å². The lowest BCUT2D eigenvalue weighted by atomic mass is 9.63. The quantitative estimate of drug-likeness (QED) is 0.614. The third-order valence-corrected chi connectivity index (χ3v) is 6.64. The maximum Gasteiger partial charge on any atom is 0.00516 e. The van der Waals surface area contributed by atoms with Crippen molar-refractivity contribution in [3.8, 4) is 0 Å². The third kappa shape index (κ3) is 0.824. The van der Waals surface area contributed by atoms with Crippen molar-refractivity contribution in [2.75, 3.05) is 0 Å². The van der Waals surface area contributed by atoms with Gasteiger partial charge in [0.1, 0.15) is 0 Å². The van der Waals surface area contributed by atoms with Crippen molar-refractivity contribution in [2.45, 2.75) is 39.5 Å². The number of rotatable bonds is 1. The molecule has 6 atom stereocenters. The van der Waals surface area contributed by atoms with Crippen molar-refractivity contribution in [1.29, 1.82) is 0 Å². The first-order valence-corrected chi connectivity index (χ1v) is 7.04. The van der Waals surface area contributed by atoms with E-state index in [0.717, 1.165) is 35.0 Å². The Labute approximate surface area is 98.8 Å². The van der Waals surface area contributed by atoms with Crippen LogP contribution in [0.4, 0.5) is 0 Å². The molecule has 6 unspecified atom stereocenters. The van der Waals surface area contributed by atoms with Crippen molar-refractivity contribution >= 4 is 0 Å². The molecule has 0 saturated heterocycles. The molecule has 0 amide bonds. The van der Waals surface area contributed by atoms with Crippen LogP contribution in [0.5, 0.6) is 0 Å². The molecule has 86 valence electrons. The molecule has 0 aromatic rings. The van der Waals surface area contributed by atoms with E-state index in [-0.39, 0.29) is 0 Å². The van der Waals surface area contributed by atoms with Crippen LogP contribution in [0.15, 0.2) is 23.8 Å². The lowest BCUT2D eigenvalue weighted by Crippen LogP contribution is -2.33. The van der Waals surface area contributed by atoms with Crippen molar-refractivity contribution < 1.29 is 0 Å². The molecule has 0 heteroatoms. The summed E-state index contributed by atoms with van der Waals surface area (Å²) in [4.78, 5) is 0. The molecule has 0 N–H and O–H groups in total. The zero-order chi connectivity index (χ0) is 11.1. The highest BCUT2D eigenvalue weighted by Gasteiger charge is 2.75. The average Bonchev–Trinajstić information content (AvgIpc) is 2.74. The van der Waals surface area contributed by atoms with Crippen LogP contribution in [0.1, 0.15) is 39.5 Å². The molecule has 0 radical (unpaired) electrons. The molecule has 4 rings (SSSR count). The Kier molecular flexibility index (Phi) is 1.58. The van der Waals surface area contributed by atoms with Gasteiger partial charge in [0.15, 0.2) is 0 Å². The van der Waals surface area contributed by atoms with Crippen LogP contribution >= 0.6 is 0 Å². The summed E-state index contributed by atoms with van der Waals surface area (Å²) >= 11 is 0. The minimum Gasteiger partial charge on any atom is -0.0950 e. The van der Waals surface area contributed by atoms with E-state index < -0.39 is 0 Å². The first kappa shape index (κ1) is 9.50. The topological polar surface area (TPSA) is 0 Å². The highest BCUT2D eigenvalue weighted by atomic mass is 14.8. The average molecular weight is 214 g/mol. The molecular formula is C16H22. The van der Waals surface area contributed by atoms with Crippen LogP contribution in [0.3, 0.4) is 0 Å². The van der Waals surface area contributed by atoms with Gasteiger partial charge in [-0.1, -0.05) is 25.2 Å². The molecule has 0 nitrogen and oxygen atoms in total. The summed E-state index contributed by atoms with van der Waals surface area (Å²) in [5.41, 5.74) is 3.76. The summed E-state index contributed by atoms with van der Waals surface area (Å²) in [6.45, 7) is 9.01. The second-order valence-electron chi connectivity index (χ2n) is 6.83. The Morgan fingerprint density at radius 3 is 2.69 bits per heavy atom. The summed E-state index contributed by atoms with van der Waals surface area (Å²) in [6.07, 6.45) is 8.52. The van der Waals surface area contributed by atoms with Gasteiger partial charge in [-0.05, 0) is 67.3 Å². The molecule has 4 aliphatic carbocycles. The van der Waals surface area contributed by atoms with Gasteiger partial charge in [-0.2, -0.15) is 0 Å². The summed E-state index contributed by atoms with van der Waals surface area (Å²) < 4.78 is 0. The van der Waals surface area contributed by atoms with E-state index in [1.54, 1.807) is 6.42 Å². The lowest BCUT2D eigenvalue weighted by molar-refractivity contribution is 0.122. The number of hydrogen-bond donors (Lipinski definition) is 0. The third-order valence-electron chi connectivity index (χ3n) is 6.64. The summed E-state index contributed by atoms with van der Waals surface area (Å²) in [7, 11) is 0. The molecule has 1 spiro atoms. The van der Waals surface area contributed by atoms with Crippen molar-refractivity contribution in [2.24, 2.45) is 35.0 Å². The lowest BCUT2D eigenvalue weighted by Gasteiger charge is -2.41. The van der Waals surface area contributed by atoms with E-state index in [4.69, 9.17) is 0 Å². The highest BCUT2D eigenvalue weighted by Crippen LogP contribution is 2.81. The molecule has 0 heterocycles. The van der Waals surface area contributed by atoms with Gasteiger partial charge in [0.05, 0.1) is 0 Å². The largest absolute Gasteiger partial charge is 0.0950 e. The van der Waals surface area contributed by atoms with Gasteiger partial charge < -0.3 is 0 Å². The maximum absolute atomic E-state index is 4.27. The van der Waals surface area contributed by atoms with Crippen molar-refractivity contribution in [3.05, 3.63) is 23.8 Å². The van der Waals surface area contributed by atoms with Crippen LogP contribution in [-0.2, 0) is 0 Å². The Bertz CT molecular complexity index is 402. The normalized spacial score (nSPS) is 57.8. The molecule has 0 bridgehead atoms. The molecule has 0 aromatic carbocycles. The van der Waals surface area contributed by atoms with E-state index in [1.807, 2.05) is 0 Å². The molecule has 4 aliphatic rings. The highest BCUT2D eigenvalue weighted by molar-refractivity contribution is 5.44. The first-order chi connectivity index (χ1) is 7.66. The Balaban J connectivity index is 1.62. The predicted octanol–water partition coefficient (Wildman–Crippen LogP) is 4.19. The number of fused-ring (bicyclic) bond motifs is 1. The zero-order valence-electron chi connectivity index (χ0n) is 10.5. The van der Waals surface area contributed by atoms with Gasteiger partial charge >= 0.3 is 0 Å². The van der Waals surface area contributed by atoms with Crippen LogP contribution in [0.25, 0.3) is 0 Å². The van der Waals surface area contributed by atoms with Crippen LogP contribution in [-0.4, -0.2) is 0 Å².